The molecule has 0 fully saturated rings. The molecule has 0 unspecified atom stereocenters. The van der Waals surface area contributed by atoms with Crippen molar-refractivity contribution in [2.75, 3.05) is 11.9 Å². The van der Waals surface area contributed by atoms with E-state index in [0.717, 1.165) is 24.5 Å². The Hall–Kier alpha value is -2.50. The van der Waals surface area contributed by atoms with E-state index < -0.39 is 0 Å². The molecule has 1 amide bonds. The minimum Gasteiger partial charge on any atom is -0.296 e. The van der Waals surface area contributed by atoms with Crippen molar-refractivity contribution in [3.8, 4) is 0 Å². The average molecular weight is 380 g/mol. The van der Waals surface area contributed by atoms with E-state index in [0.29, 0.717) is 5.13 Å². The lowest BCUT2D eigenvalue weighted by Crippen LogP contribution is -2.23. The Balaban J connectivity index is 1.72. The first-order valence-corrected chi connectivity index (χ1v) is 9.87. The number of nitrogens with zero attached hydrogens (tertiary/aromatic N) is 3. The second-order valence-electron chi connectivity index (χ2n) is 6.91. The average Bonchev–Trinajstić information content (AvgIpc) is 3.06. The highest BCUT2D eigenvalue weighted by atomic mass is 32.1. The monoisotopic (exact) mass is 379 g/mol. The molecule has 0 aliphatic rings. The number of anilines is 2. The van der Waals surface area contributed by atoms with E-state index in [1.54, 1.807) is 11.8 Å². The molecule has 0 saturated heterocycles. The van der Waals surface area contributed by atoms with Crippen molar-refractivity contribution in [1.29, 1.82) is 0 Å². The number of aryl methyl sites for hydroxylation is 2. The predicted octanol–water partition coefficient (Wildman–Crippen LogP) is 5.08. The van der Waals surface area contributed by atoms with Crippen LogP contribution in [-0.2, 0) is 17.9 Å². The molecule has 140 valence electrons. The summed E-state index contributed by atoms with van der Waals surface area (Å²) in [6.07, 6.45) is 0. The minimum absolute atomic E-state index is 0.0364. The van der Waals surface area contributed by atoms with Gasteiger partial charge < -0.3 is 0 Å². The third-order valence-electron chi connectivity index (χ3n) is 4.43. The Kier molecular flexibility index (Phi) is 6.04. The van der Waals surface area contributed by atoms with Crippen LogP contribution in [0.2, 0.25) is 0 Å². The van der Waals surface area contributed by atoms with Crippen LogP contribution in [0.1, 0.15) is 29.3 Å². The van der Waals surface area contributed by atoms with Gasteiger partial charge in [0.2, 0.25) is 5.91 Å². The van der Waals surface area contributed by atoms with E-state index in [1.807, 2.05) is 35.7 Å². The Bertz CT molecular complexity index is 920. The molecule has 0 bridgehead atoms. The normalized spacial score (nSPS) is 11.0. The minimum atomic E-state index is -0.0364. The van der Waals surface area contributed by atoms with Crippen LogP contribution in [0, 0.1) is 13.8 Å². The van der Waals surface area contributed by atoms with Crippen LogP contribution < -0.4 is 4.90 Å². The van der Waals surface area contributed by atoms with Gasteiger partial charge in [-0.25, -0.2) is 4.98 Å². The molecule has 3 aromatic rings. The van der Waals surface area contributed by atoms with Crippen molar-refractivity contribution in [2.24, 2.45) is 0 Å². The summed E-state index contributed by atoms with van der Waals surface area (Å²) in [6, 6.07) is 16.2. The molecule has 0 aliphatic heterocycles. The molecular formula is C22H25N3OS. The summed E-state index contributed by atoms with van der Waals surface area (Å²) in [4.78, 5) is 20.8. The van der Waals surface area contributed by atoms with Crippen molar-refractivity contribution in [2.45, 2.75) is 33.9 Å². The van der Waals surface area contributed by atoms with E-state index in [-0.39, 0.29) is 5.91 Å². The molecule has 27 heavy (non-hydrogen) atoms. The number of aromatic nitrogens is 1. The second-order valence-corrected chi connectivity index (χ2v) is 7.75. The molecule has 0 N–H and O–H groups in total. The van der Waals surface area contributed by atoms with Crippen molar-refractivity contribution in [3.05, 3.63) is 76.3 Å². The van der Waals surface area contributed by atoms with Crippen molar-refractivity contribution >= 4 is 28.1 Å². The smallest absolute Gasteiger partial charge is 0.230 e. The van der Waals surface area contributed by atoms with Crippen LogP contribution in [0.15, 0.2) is 53.9 Å². The van der Waals surface area contributed by atoms with Gasteiger partial charge in [-0.1, -0.05) is 42.0 Å². The largest absolute Gasteiger partial charge is 0.296 e. The Labute approximate surface area is 165 Å². The molecule has 5 heteroatoms. The predicted molar refractivity (Wildman–Crippen MR) is 112 cm³/mol. The number of carbonyl (C=O) groups is 1. The third-order valence-corrected chi connectivity index (χ3v) is 5.31. The van der Waals surface area contributed by atoms with Crippen LogP contribution in [0.25, 0.3) is 0 Å². The van der Waals surface area contributed by atoms with Crippen molar-refractivity contribution in [1.82, 2.24) is 9.88 Å². The lowest BCUT2D eigenvalue weighted by molar-refractivity contribution is -0.115. The molecule has 1 aromatic heterocycles. The fraction of sp³-hybridized carbons (Fsp3) is 0.273. The van der Waals surface area contributed by atoms with Crippen LogP contribution in [-0.4, -0.2) is 22.8 Å². The Morgan fingerprint density at radius 1 is 1.07 bits per heavy atom. The van der Waals surface area contributed by atoms with Crippen LogP contribution in [0.5, 0.6) is 0 Å². The van der Waals surface area contributed by atoms with Gasteiger partial charge in [0.1, 0.15) is 0 Å². The van der Waals surface area contributed by atoms with Crippen molar-refractivity contribution in [3.63, 3.8) is 0 Å². The molecule has 1 heterocycles. The zero-order chi connectivity index (χ0) is 19.4. The van der Waals surface area contributed by atoms with Gasteiger partial charge in [0.05, 0.1) is 11.4 Å². The van der Waals surface area contributed by atoms with Crippen LogP contribution >= 0.6 is 11.3 Å². The van der Waals surface area contributed by atoms with E-state index in [4.69, 9.17) is 4.98 Å². The van der Waals surface area contributed by atoms with E-state index >= 15 is 0 Å². The summed E-state index contributed by atoms with van der Waals surface area (Å²) in [5.41, 5.74) is 5.74. The van der Waals surface area contributed by atoms with Crippen LogP contribution in [0.3, 0.4) is 0 Å². The van der Waals surface area contributed by atoms with Gasteiger partial charge in [0, 0.05) is 25.4 Å². The highest BCUT2D eigenvalue weighted by molar-refractivity contribution is 7.14. The second kappa shape index (κ2) is 8.46. The molecule has 0 atom stereocenters. The summed E-state index contributed by atoms with van der Waals surface area (Å²) in [5, 5.41) is 2.75. The van der Waals surface area contributed by atoms with E-state index in [1.165, 1.54) is 28.0 Å². The maximum absolute atomic E-state index is 12.2. The summed E-state index contributed by atoms with van der Waals surface area (Å²) >= 11 is 1.50. The Morgan fingerprint density at radius 3 is 2.48 bits per heavy atom. The molecular weight excluding hydrogens is 354 g/mol. The molecule has 4 nitrogen and oxygen atoms in total. The van der Waals surface area contributed by atoms with Crippen molar-refractivity contribution < 1.29 is 4.79 Å². The molecule has 0 aliphatic carbocycles. The summed E-state index contributed by atoms with van der Waals surface area (Å²) in [5.74, 6) is -0.0364. The zero-order valence-corrected chi connectivity index (χ0v) is 17.1. The fourth-order valence-electron chi connectivity index (χ4n) is 3.12. The highest BCUT2D eigenvalue weighted by Gasteiger charge is 2.18. The summed E-state index contributed by atoms with van der Waals surface area (Å²) < 4.78 is 0. The van der Waals surface area contributed by atoms with Gasteiger partial charge in [0.15, 0.2) is 5.13 Å². The van der Waals surface area contributed by atoms with Gasteiger partial charge in [0.25, 0.3) is 0 Å². The Morgan fingerprint density at radius 2 is 1.81 bits per heavy atom. The quantitative estimate of drug-likeness (QED) is 0.599. The number of thiazole rings is 1. The lowest BCUT2D eigenvalue weighted by atomic mass is 10.1. The first-order valence-electron chi connectivity index (χ1n) is 8.99. The van der Waals surface area contributed by atoms with E-state index in [2.05, 4.69) is 44.0 Å². The zero-order valence-electron chi connectivity index (χ0n) is 16.3. The van der Waals surface area contributed by atoms with Gasteiger partial charge >= 0.3 is 0 Å². The number of benzene rings is 2. The number of amides is 1. The molecule has 0 radical (unpaired) electrons. The van der Waals surface area contributed by atoms with E-state index in [9.17, 15) is 4.79 Å². The highest BCUT2D eigenvalue weighted by Crippen LogP contribution is 2.29. The van der Waals surface area contributed by atoms with Gasteiger partial charge in [-0.3, -0.25) is 14.6 Å². The summed E-state index contributed by atoms with van der Waals surface area (Å²) in [6.45, 7) is 7.45. The molecule has 2 aromatic carbocycles. The first kappa shape index (κ1) is 19.3. The lowest BCUT2D eigenvalue weighted by Gasteiger charge is -2.18. The third kappa shape index (κ3) is 4.81. The number of rotatable bonds is 6. The first-order chi connectivity index (χ1) is 12.9. The molecule has 3 rings (SSSR count). The molecule has 0 spiro atoms. The fourth-order valence-corrected chi connectivity index (χ4v) is 4.00. The van der Waals surface area contributed by atoms with Crippen LogP contribution in [0.4, 0.5) is 10.8 Å². The molecule has 0 saturated carbocycles. The number of hydrogen-bond acceptors (Lipinski definition) is 4. The summed E-state index contributed by atoms with van der Waals surface area (Å²) in [7, 11) is 2.10. The maximum atomic E-state index is 12.2. The number of para-hydroxylation sites is 1. The van der Waals surface area contributed by atoms with Gasteiger partial charge in [-0.15, -0.1) is 11.3 Å². The SMILES string of the molecule is CC(=O)N(c1ccccc1)c1nc(CN(C)Cc2ccc(C)cc2C)cs1. The number of hydrogen-bond donors (Lipinski definition) is 0. The standard InChI is InChI=1S/C22H25N3OS/c1-16-10-11-19(17(2)12-16)13-24(4)14-20-15-27-22(23-20)25(18(3)26)21-8-6-5-7-9-21/h5-12,15H,13-14H2,1-4H3. The van der Waals surface area contributed by atoms with Gasteiger partial charge in [-0.05, 0) is 44.2 Å². The maximum Gasteiger partial charge on any atom is 0.230 e. The van der Waals surface area contributed by atoms with Gasteiger partial charge in [-0.2, -0.15) is 0 Å². The number of carbonyl (C=O) groups excluding carboxylic acids is 1. The topological polar surface area (TPSA) is 36.4 Å².